The largest absolute Gasteiger partial charge is 0.494 e. The molecule has 0 saturated heterocycles. The lowest BCUT2D eigenvalue weighted by Gasteiger charge is -2.41. The molecule has 2 bridgehead atoms. The van der Waals surface area contributed by atoms with E-state index < -0.39 is 5.60 Å². The molecule has 3 aliphatic carbocycles. The minimum absolute atomic E-state index is 0.263. The molecule has 1 fully saturated rings. The van der Waals surface area contributed by atoms with Crippen molar-refractivity contribution < 1.29 is 9.84 Å². The molecular weight excluding hydrogens is 434 g/mol. The normalized spacial score (nSPS) is 24.1. The van der Waals surface area contributed by atoms with Crippen LogP contribution in [-0.4, -0.2) is 52.8 Å². The van der Waals surface area contributed by atoms with Crippen LogP contribution in [0.1, 0.15) is 55.5 Å². The Morgan fingerprint density at radius 3 is 2.77 bits per heavy atom. The van der Waals surface area contributed by atoms with Crippen LogP contribution in [0.3, 0.4) is 0 Å². The first-order valence-electron chi connectivity index (χ1n) is 13.2. The molecule has 0 spiro atoms. The lowest BCUT2D eigenvalue weighted by Crippen LogP contribution is -2.43. The second kappa shape index (κ2) is 10.2. The first-order valence-corrected chi connectivity index (χ1v) is 13.2. The van der Waals surface area contributed by atoms with E-state index in [0.717, 1.165) is 73.4 Å². The quantitative estimate of drug-likeness (QED) is 0.414. The highest BCUT2D eigenvalue weighted by Crippen LogP contribution is 2.49. The molecule has 0 radical (unpaired) electrons. The fourth-order valence-electron chi connectivity index (χ4n) is 6.19. The summed E-state index contributed by atoms with van der Waals surface area (Å²) in [6.07, 6.45) is 9.58. The first-order chi connectivity index (χ1) is 17.0. The van der Waals surface area contributed by atoms with Gasteiger partial charge in [0, 0.05) is 18.9 Å². The van der Waals surface area contributed by atoms with Gasteiger partial charge in [-0.2, -0.15) is 0 Å². The maximum atomic E-state index is 11.7. The molecule has 3 aliphatic rings. The van der Waals surface area contributed by atoms with E-state index in [1.54, 1.807) is 7.11 Å². The summed E-state index contributed by atoms with van der Waals surface area (Å²) in [5, 5.41) is 11.7. The maximum absolute atomic E-state index is 11.7. The summed E-state index contributed by atoms with van der Waals surface area (Å²) in [5.41, 5.74) is 5.37. The first kappa shape index (κ1) is 24.1. The SMILES string of the molecule is COc1ccc(C)c2nc(CCCN(C)CCC3(O)CC4CCCC3C=C4c3ccccc3)[nH]c12. The van der Waals surface area contributed by atoms with Crippen LogP contribution < -0.4 is 4.74 Å². The number of methoxy groups -OCH3 is 1. The summed E-state index contributed by atoms with van der Waals surface area (Å²) in [6.45, 7) is 3.99. The van der Waals surface area contributed by atoms with E-state index in [4.69, 9.17) is 9.72 Å². The predicted octanol–water partition coefficient (Wildman–Crippen LogP) is 5.77. The van der Waals surface area contributed by atoms with Crippen LogP contribution in [-0.2, 0) is 6.42 Å². The zero-order valence-electron chi connectivity index (χ0n) is 21.4. The fourth-order valence-corrected chi connectivity index (χ4v) is 6.19. The van der Waals surface area contributed by atoms with Crippen molar-refractivity contribution in [2.75, 3.05) is 27.2 Å². The molecular formula is C30H39N3O2. The third-order valence-electron chi connectivity index (χ3n) is 8.24. The monoisotopic (exact) mass is 473 g/mol. The number of fused-ring (bicyclic) bond motifs is 4. The van der Waals surface area contributed by atoms with Gasteiger partial charge < -0.3 is 19.7 Å². The van der Waals surface area contributed by atoms with Gasteiger partial charge in [0.1, 0.15) is 17.1 Å². The lowest BCUT2D eigenvalue weighted by molar-refractivity contribution is -0.0299. The van der Waals surface area contributed by atoms with Crippen LogP contribution >= 0.6 is 0 Å². The molecule has 3 atom stereocenters. The number of aryl methyl sites for hydroxylation is 2. The average molecular weight is 474 g/mol. The van der Waals surface area contributed by atoms with E-state index >= 15 is 0 Å². The Balaban J connectivity index is 1.16. The number of aliphatic hydroxyl groups is 1. The highest BCUT2D eigenvalue weighted by Gasteiger charge is 2.44. The number of hydrogen-bond donors (Lipinski definition) is 2. The van der Waals surface area contributed by atoms with Crippen LogP contribution in [0.4, 0.5) is 0 Å². The van der Waals surface area contributed by atoms with Gasteiger partial charge in [-0.25, -0.2) is 4.98 Å². The maximum Gasteiger partial charge on any atom is 0.144 e. The zero-order valence-corrected chi connectivity index (χ0v) is 21.4. The number of aromatic nitrogens is 2. The van der Waals surface area contributed by atoms with E-state index in [0.29, 0.717) is 5.92 Å². The van der Waals surface area contributed by atoms with Gasteiger partial charge in [0.25, 0.3) is 0 Å². The molecule has 186 valence electrons. The van der Waals surface area contributed by atoms with Crippen LogP contribution in [0, 0.1) is 18.8 Å². The van der Waals surface area contributed by atoms with Gasteiger partial charge in [0.05, 0.1) is 18.2 Å². The van der Waals surface area contributed by atoms with Crippen molar-refractivity contribution in [1.82, 2.24) is 14.9 Å². The van der Waals surface area contributed by atoms with E-state index in [2.05, 4.69) is 66.3 Å². The number of rotatable bonds is 9. The van der Waals surface area contributed by atoms with Crippen molar-refractivity contribution >= 4 is 16.6 Å². The number of nitrogens with zero attached hydrogens (tertiary/aromatic N) is 2. The zero-order chi connectivity index (χ0) is 24.4. The summed E-state index contributed by atoms with van der Waals surface area (Å²) in [6, 6.07) is 14.8. The number of ether oxygens (including phenoxy) is 1. The number of nitrogens with one attached hydrogen (secondary N) is 1. The summed E-state index contributed by atoms with van der Waals surface area (Å²) in [7, 11) is 3.88. The summed E-state index contributed by atoms with van der Waals surface area (Å²) in [4.78, 5) is 10.6. The minimum atomic E-state index is -0.583. The Hall–Kier alpha value is -2.63. The average Bonchev–Trinajstić information content (AvgIpc) is 3.10. The molecule has 0 aliphatic heterocycles. The Labute approximate surface area is 209 Å². The number of H-pyrrole nitrogens is 1. The van der Waals surface area contributed by atoms with Crippen LogP contribution in [0.25, 0.3) is 16.6 Å². The standard InChI is InChI=1S/C30H39N3O2/c1-21-14-15-26(35-3)29-28(21)31-27(32-29)13-8-17-33(2)18-16-30(34)20-23-11-7-12-24(30)19-25(23)22-9-5-4-6-10-22/h4-6,9-10,14-15,19,23-24,34H,7-8,11-13,16-18,20H2,1-3H3,(H,31,32). The van der Waals surface area contributed by atoms with Gasteiger partial charge in [-0.05, 0) is 81.3 Å². The van der Waals surface area contributed by atoms with E-state index in [-0.39, 0.29) is 5.92 Å². The summed E-state index contributed by atoms with van der Waals surface area (Å²) in [5.74, 6) is 2.59. The molecule has 6 rings (SSSR count). The number of aromatic amines is 1. The summed E-state index contributed by atoms with van der Waals surface area (Å²) >= 11 is 0. The second-order valence-electron chi connectivity index (χ2n) is 10.7. The van der Waals surface area contributed by atoms with Crippen molar-refractivity contribution in [3.05, 3.63) is 65.5 Å². The van der Waals surface area contributed by atoms with Crippen molar-refractivity contribution in [2.24, 2.45) is 11.8 Å². The molecule has 2 N–H and O–H groups in total. The van der Waals surface area contributed by atoms with Crippen molar-refractivity contribution in [3.8, 4) is 5.75 Å². The molecule has 35 heavy (non-hydrogen) atoms. The molecule has 3 unspecified atom stereocenters. The van der Waals surface area contributed by atoms with Gasteiger partial charge in [-0.1, -0.05) is 48.9 Å². The van der Waals surface area contributed by atoms with Gasteiger partial charge in [0.15, 0.2) is 0 Å². The van der Waals surface area contributed by atoms with E-state index in [9.17, 15) is 5.11 Å². The Morgan fingerprint density at radius 1 is 1.14 bits per heavy atom. The second-order valence-corrected chi connectivity index (χ2v) is 10.7. The third kappa shape index (κ3) is 5.03. The summed E-state index contributed by atoms with van der Waals surface area (Å²) < 4.78 is 5.49. The number of allylic oxidation sites excluding steroid dienone is 1. The minimum Gasteiger partial charge on any atom is -0.494 e. The Morgan fingerprint density at radius 2 is 1.97 bits per heavy atom. The molecule has 1 heterocycles. The molecule has 0 amide bonds. The van der Waals surface area contributed by atoms with Gasteiger partial charge in [-0.15, -0.1) is 0 Å². The number of hydrogen-bond acceptors (Lipinski definition) is 4. The van der Waals surface area contributed by atoms with Crippen LogP contribution in [0.15, 0.2) is 48.5 Å². The highest BCUT2D eigenvalue weighted by molar-refractivity contribution is 5.84. The smallest absolute Gasteiger partial charge is 0.144 e. The molecule has 2 aromatic carbocycles. The van der Waals surface area contributed by atoms with Crippen LogP contribution in [0.5, 0.6) is 5.75 Å². The van der Waals surface area contributed by atoms with Crippen molar-refractivity contribution in [2.45, 2.75) is 57.5 Å². The molecule has 1 aromatic heterocycles. The topological polar surface area (TPSA) is 61.4 Å². The Bertz CT molecular complexity index is 1190. The molecule has 5 nitrogen and oxygen atoms in total. The molecule has 1 saturated carbocycles. The predicted molar refractivity (Wildman–Crippen MR) is 143 cm³/mol. The lowest BCUT2D eigenvalue weighted by atomic mass is 9.70. The Kier molecular flexibility index (Phi) is 6.99. The highest BCUT2D eigenvalue weighted by atomic mass is 16.5. The van der Waals surface area contributed by atoms with Crippen LogP contribution in [0.2, 0.25) is 0 Å². The van der Waals surface area contributed by atoms with Gasteiger partial charge >= 0.3 is 0 Å². The van der Waals surface area contributed by atoms with Gasteiger partial charge in [-0.3, -0.25) is 0 Å². The third-order valence-corrected chi connectivity index (χ3v) is 8.24. The van der Waals surface area contributed by atoms with E-state index in [1.807, 2.05) is 6.07 Å². The van der Waals surface area contributed by atoms with Crippen molar-refractivity contribution in [1.29, 1.82) is 0 Å². The molecule has 3 aromatic rings. The number of imidazole rings is 1. The van der Waals surface area contributed by atoms with Gasteiger partial charge in [0.2, 0.25) is 0 Å². The van der Waals surface area contributed by atoms with E-state index in [1.165, 1.54) is 24.0 Å². The number of benzene rings is 2. The molecule has 5 heteroatoms. The van der Waals surface area contributed by atoms with Crippen molar-refractivity contribution in [3.63, 3.8) is 0 Å². The fraction of sp³-hybridized carbons (Fsp3) is 0.500.